The molecule has 0 unspecified atom stereocenters. The van der Waals surface area contributed by atoms with Gasteiger partial charge in [0.25, 0.3) is 0 Å². The summed E-state index contributed by atoms with van der Waals surface area (Å²) >= 11 is 5.79. The normalized spacial score (nSPS) is 18.9. The standard InChI is InChI=1S/C14H20ClNO3S/c15-12-7-4-8-13(9-12)20(18,19)16-10-14(17)11-5-2-1-3-6-11/h4,7-9,11,14,16-17H,1-3,5-6,10H2/t14-/m0/s1. The Bertz CT molecular complexity index is 541. The van der Waals surface area contributed by atoms with Crippen molar-refractivity contribution in [3.63, 3.8) is 0 Å². The maximum Gasteiger partial charge on any atom is 0.240 e. The summed E-state index contributed by atoms with van der Waals surface area (Å²) in [6, 6.07) is 6.10. The van der Waals surface area contributed by atoms with Crippen LogP contribution in [-0.2, 0) is 10.0 Å². The van der Waals surface area contributed by atoms with Crippen molar-refractivity contribution in [3.8, 4) is 0 Å². The molecular formula is C14H20ClNO3S. The number of aliphatic hydroxyl groups excluding tert-OH is 1. The lowest BCUT2D eigenvalue weighted by Crippen LogP contribution is -2.37. The molecule has 112 valence electrons. The summed E-state index contributed by atoms with van der Waals surface area (Å²) in [6.07, 6.45) is 4.76. The zero-order valence-corrected chi connectivity index (χ0v) is 12.8. The fourth-order valence-corrected chi connectivity index (χ4v) is 3.95. The minimum absolute atomic E-state index is 0.0551. The Balaban J connectivity index is 1.95. The molecule has 0 radical (unpaired) electrons. The second kappa shape index (κ2) is 6.89. The maximum atomic E-state index is 12.1. The third-order valence-electron chi connectivity index (χ3n) is 3.78. The lowest BCUT2D eigenvalue weighted by molar-refractivity contribution is 0.0888. The number of aliphatic hydroxyl groups is 1. The van der Waals surface area contributed by atoms with Crippen molar-refractivity contribution < 1.29 is 13.5 Å². The zero-order valence-electron chi connectivity index (χ0n) is 11.3. The molecule has 4 nitrogen and oxygen atoms in total. The van der Waals surface area contributed by atoms with Gasteiger partial charge in [-0.1, -0.05) is 36.9 Å². The molecule has 0 aliphatic heterocycles. The molecule has 0 amide bonds. The highest BCUT2D eigenvalue weighted by Gasteiger charge is 2.23. The Morgan fingerprint density at radius 2 is 2.00 bits per heavy atom. The molecule has 0 aromatic heterocycles. The smallest absolute Gasteiger partial charge is 0.240 e. The van der Waals surface area contributed by atoms with Gasteiger partial charge in [-0.2, -0.15) is 0 Å². The SMILES string of the molecule is O=S(=O)(NC[C@H](O)C1CCCCC1)c1cccc(Cl)c1. The predicted molar refractivity (Wildman–Crippen MR) is 79.2 cm³/mol. The summed E-state index contributed by atoms with van der Waals surface area (Å²) in [5.41, 5.74) is 0. The summed E-state index contributed by atoms with van der Waals surface area (Å²) in [7, 11) is -3.61. The molecule has 0 bridgehead atoms. The van der Waals surface area contributed by atoms with Crippen molar-refractivity contribution in [1.29, 1.82) is 0 Å². The fourth-order valence-electron chi connectivity index (χ4n) is 2.60. The number of halogens is 1. The van der Waals surface area contributed by atoms with E-state index in [1.165, 1.54) is 18.6 Å². The third-order valence-corrected chi connectivity index (χ3v) is 5.44. The van der Waals surface area contributed by atoms with Gasteiger partial charge in [0, 0.05) is 11.6 Å². The van der Waals surface area contributed by atoms with Gasteiger partial charge in [-0.05, 0) is 37.0 Å². The van der Waals surface area contributed by atoms with Crippen LogP contribution in [0.15, 0.2) is 29.2 Å². The molecule has 0 heterocycles. The summed E-state index contributed by atoms with van der Waals surface area (Å²) in [6.45, 7) is 0.0551. The molecule has 1 saturated carbocycles. The van der Waals surface area contributed by atoms with Crippen molar-refractivity contribution in [3.05, 3.63) is 29.3 Å². The topological polar surface area (TPSA) is 66.4 Å². The number of nitrogens with one attached hydrogen (secondary N) is 1. The average Bonchev–Trinajstić information content (AvgIpc) is 2.46. The molecule has 1 aromatic carbocycles. The van der Waals surface area contributed by atoms with Crippen LogP contribution in [0.2, 0.25) is 5.02 Å². The number of rotatable bonds is 5. The monoisotopic (exact) mass is 317 g/mol. The van der Waals surface area contributed by atoms with Crippen LogP contribution in [0.5, 0.6) is 0 Å². The number of hydrogen-bond donors (Lipinski definition) is 2. The Morgan fingerprint density at radius 1 is 1.30 bits per heavy atom. The zero-order chi connectivity index (χ0) is 14.6. The second-order valence-electron chi connectivity index (χ2n) is 5.27. The molecule has 1 fully saturated rings. The average molecular weight is 318 g/mol. The van der Waals surface area contributed by atoms with Gasteiger partial charge in [-0.15, -0.1) is 0 Å². The van der Waals surface area contributed by atoms with Crippen LogP contribution < -0.4 is 4.72 Å². The van der Waals surface area contributed by atoms with Crippen LogP contribution in [0.4, 0.5) is 0 Å². The Morgan fingerprint density at radius 3 is 2.65 bits per heavy atom. The van der Waals surface area contributed by atoms with Gasteiger partial charge < -0.3 is 5.11 Å². The molecule has 1 atom stereocenters. The molecule has 0 spiro atoms. The Hall–Kier alpha value is -0.620. The number of sulfonamides is 1. The van der Waals surface area contributed by atoms with Gasteiger partial charge in [-0.25, -0.2) is 13.1 Å². The molecule has 2 rings (SSSR count). The highest BCUT2D eigenvalue weighted by atomic mass is 35.5. The van der Waals surface area contributed by atoms with Gasteiger partial charge in [-0.3, -0.25) is 0 Å². The van der Waals surface area contributed by atoms with E-state index in [2.05, 4.69) is 4.72 Å². The first-order chi connectivity index (χ1) is 9.49. The number of hydrogen-bond acceptors (Lipinski definition) is 3. The summed E-state index contributed by atoms with van der Waals surface area (Å²) in [5, 5.41) is 10.5. The Kier molecular flexibility index (Phi) is 5.43. The molecule has 0 saturated heterocycles. The first kappa shape index (κ1) is 15.8. The highest BCUT2D eigenvalue weighted by molar-refractivity contribution is 7.89. The van der Waals surface area contributed by atoms with E-state index in [-0.39, 0.29) is 17.4 Å². The van der Waals surface area contributed by atoms with Crippen molar-refractivity contribution in [1.82, 2.24) is 4.72 Å². The van der Waals surface area contributed by atoms with E-state index in [1.54, 1.807) is 12.1 Å². The third kappa shape index (κ3) is 4.19. The van der Waals surface area contributed by atoms with Crippen LogP contribution in [0.3, 0.4) is 0 Å². The molecule has 6 heteroatoms. The van der Waals surface area contributed by atoms with E-state index >= 15 is 0 Å². The lowest BCUT2D eigenvalue weighted by Gasteiger charge is -2.26. The lowest BCUT2D eigenvalue weighted by atomic mass is 9.85. The van der Waals surface area contributed by atoms with Crippen molar-refractivity contribution >= 4 is 21.6 Å². The summed E-state index contributed by atoms with van der Waals surface area (Å²) in [4.78, 5) is 0.126. The molecule has 2 N–H and O–H groups in total. The van der Waals surface area contributed by atoms with Gasteiger partial charge in [0.15, 0.2) is 0 Å². The van der Waals surface area contributed by atoms with E-state index in [4.69, 9.17) is 11.6 Å². The van der Waals surface area contributed by atoms with Crippen LogP contribution in [0.25, 0.3) is 0 Å². The fraction of sp³-hybridized carbons (Fsp3) is 0.571. The first-order valence-corrected chi connectivity index (χ1v) is 8.78. The minimum atomic E-state index is -3.61. The van der Waals surface area contributed by atoms with Gasteiger partial charge in [0.1, 0.15) is 0 Å². The molecule has 1 aliphatic rings. The summed E-state index contributed by atoms with van der Waals surface area (Å²) in [5.74, 6) is 0.200. The van der Waals surface area contributed by atoms with Crippen molar-refractivity contribution in [2.45, 2.75) is 43.1 Å². The van der Waals surface area contributed by atoms with E-state index < -0.39 is 16.1 Å². The van der Waals surface area contributed by atoms with Gasteiger partial charge in [0.05, 0.1) is 11.0 Å². The molecular weight excluding hydrogens is 298 g/mol. The van der Waals surface area contributed by atoms with Crippen LogP contribution in [-0.4, -0.2) is 26.2 Å². The second-order valence-corrected chi connectivity index (χ2v) is 7.48. The highest BCUT2D eigenvalue weighted by Crippen LogP contribution is 2.26. The molecule has 1 aromatic rings. The van der Waals surface area contributed by atoms with Crippen LogP contribution in [0.1, 0.15) is 32.1 Å². The predicted octanol–water partition coefficient (Wildman–Crippen LogP) is 2.56. The molecule has 20 heavy (non-hydrogen) atoms. The summed E-state index contributed by atoms with van der Waals surface area (Å²) < 4.78 is 26.6. The van der Waals surface area contributed by atoms with E-state index in [0.717, 1.165) is 25.7 Å². The van der Waals surface area contributed by atoms with Crippen LogP contribution in [0, 0.1) is 5.92 Å². The maximum absolute atomic E-state index is 12.1. The number of benzene rings is 1. The Labute approximate surface area is 125 Å². The van der Waals surface area contributed by atoms with Crippen molar-refractivity contribution in [2.24, 2.45) is 5.92 Å². The largest absolute Gasteiger partial charge is 0.391 e. The van der Waals surface area contributed by atoms with Gasteiger partial charge >= 0.3 is 0 Å². The first-order valence-electron chi connectivity index (χ1n) is 6.92. The van der Waals surface area contributed by atoms with E-state index in [1.807, 2.05) is 0 Å². The van der Waals surface area contributed by atoms with Gasteiger partial charge in [0.2, 0.25) is 10.0 Å². The quantitative estimate of drug-likeness (QED) is 0.877. The van der Waals surface area contributed by atoms with E-state index in [9.17, 15) is 13.5 Å². The van der Waals surface area contributed by atoms with Crippen LogP contribution >= 0.6 is 11.6 Å². The molecule has 1 aliphatic carbocycles. The minimum Gasteiger partial charge on any atom is -0.391 e. The van der Waals surface area contributed by atoms with E-state index in [0.29, 0.717) is 5.02 Å². The van der Waals surface area contributed by atoms with Crippen molar-refractivity contribution in [2.75, 3.05) is 6.54 Å².